The summed E-state index contributed by atoms with van der Waals surface area (Å²) in [7, 11) is 0. The number of likely N-dealkylation sites (N-methyl/N-ethyl adjacent to an activating group) is 1. The summed E-state index contributed by atoms with van der Waals surface area (Å²) in [5.74, 6) is 0.165. The predicted molar refractivity (Wildman–Crippen MR) is 62.8 cm³/mol. The fourth-order valence-electron chi connectivity index (χ4n) is 1.34. The molecule has 0 radical (unpaired) electrons. The van der Waals surface area contributed by atoms with Crippen LogP contribution in [-0.4, -0.2) is 24.2 Å². The van der Waals surface area contributed by atoms with Gasteiger partial charge in [-0.05, 0) is 33.2 Å². The molecule has 2 unspecified atom stereocenters. The maximum absolute atomic E-state index is 11.9. The minimum Gasteiger partial charge on any atom is -0.459 e. The van der Waals surface area contributed by atoms with Gasteiger partial charge >= 0.3 is 5.97 Å². The van der Waals surface area contributed by atoms with E-state index >= 15 is 0 Å². The summed E-state index contributed by atoms with van der Waals surface area (Å²) in [6, 6.07) is -0.181. The molecule has 0 aliphatic rings. The van der Waals surface area contributed by atoms with Crippen LogP contribution >= 0.6 is 0 Å². The fourth-order valence-corrected chi connectivity index (χ4v) is 1.34. The van der Waals surface area contributed by atoms with Gasteiger partial charge in [0, 0.05) is 0 Å². The fraction of sp³-hybridized carbons (Fsp3) is 0.917. The highest BCUT2D eigenvalue weighted by Crippen LogP contribution is 2.14. The third-order valence-electron chi connectivity index (χ3n) is 2.30. The molecule has 90 valence electrons. The third kappa shape index (κ3) is 5.78. The largest absolute Gasteiger partial charge is 0.459 e. The molecule has 0 bridgehead atoms. The Labute approximate surface area is 93.6 Å². The van der Waals surface area contributed by atoms with Crippen LogP contribution in [0.1, 0.15) is 48.0 Å². The lowest BCUT2D eigenvalue weighted by Crippen LogP contribution is -2.45. The summed E-state index contributed by atoms with van der Waals surface area (Å²) >= 11 is 0. The molecule has 3 heteroatoms. The molecule has 0 aromatic rings. The monoisotopic (exact) mass is 215 g/mol. The van der Waals surface area contributed by atoms with Crippen molar-refractivity contribution in [3.8, 4) is 0 Å². The van der Waals surface area contributed by atoms with E-state index in [-0.39, 0.29) is 12.0 Å². The Morgan fingerprint density at radius 3 is 2.20 bits per heavy atom. The molecule has 0 aliphatic heterocycles. The molecule has 0 rings (SSSR count). The highest BCUT2D eigenvalue weighted by Gasteiger charge is 2.27. The number of esters is 1. The number of hydrogen-bond donors (Lipinski definition) is 1. The van der Waals surface area contributed by atoms with Gasteiger partial charge in [0.1, 0.15) is 11.6 Å². The van der Waals surface area contributed by atoms with Crippen molar-refractivity contribution in [3.05, 3.63) is 0 Å². The van der Waals surface area contributed by atoms with Gasteiger partial charge in [-0.3, -0.25) is 4.79 Å². The molecule has 0 aliphatic carbocycles. The zero-order chi connectivity index (χ0) is 12.1. The predicted octanol–water partition coefficient (Wildman–Crippen LogP) is 2.35. The van der Waals surface area contributed by atoms with Crippen LogP contribution in [0.15, 0.2) is 0 Å². The maximum atomic E-state index is 11.9. The molecule has 3 nitrogen and oxygen atoms in total. The number of carbonyl (C=O) groups is 1. The van der Waals surface area contributed by atoms with Gasteiger partial charge < -0.3 is 10.1 Å². The first-order valence-corrected chi connectivity index (χ1v) is 5.78. The van der Waals surface area contributed by atoms with Crippen LogP contribution in [0.3, 0.4) is 0 Å². The Hall–Kier alpha value is -0.570. The zero-order valence-electron chi connectivity index (χ0n) is 10.9. The first-order chi connectivity index (χ1) is 6.81. The Bertz CT molecular complexity index is 196. The maximum Gasteiger partial charge on any atom is 0.323 e. The van der Waals surface area contributed by atoms with Crippen molar-refractivity contribution < 1.29 is 9.53 Å². The number of nitrogens with one attached hydrogen (secondary N) is 1. The van der Waals surface area contributed by atoms with E-state index in [0.29, 0.717) is 5.92 Å². The first kappa shape index (κ1) is 14.4. The smallest absolute Gasteiger partial charge is 0.323 e. The lowest BCUT2D eigenvalue weighted by Gasteiger charge is -2.27. The van der Waals surface area contributed by atoms with Gasteiger partial charge in [-0.1, -0.05) is 27.2 Å². The molecular formula is C12H25NO2. The highest BCUT2D eigenvalue weighted by molar-refractivity contribution is 5.76. The van der Waals surface area contributed by atoms with E-state index in [1.807, 2.05) is 27.7 Å². The van der Waals surface area contributed by atoms with Gasteiger partial charge in [0.2, 0.25) is 0 Å². The molecule has 15 heavy (non-hydrogen) atoms. The van der Waals surface area contributed by atoms with Crippen molar-refractivity contribution >= 4 is 5.97 Å². The van der Waals surface area contributed by atoms with Crippen molar-refractivity contribution in [1.82, 2.24) is 5.32 Å². The van der Waals surface area contributed by atoms with Crippen LogP contribution in [0.2, 0.25) is 0 Å². The summed E-state index contributed by atoms with van der Waals surface area (Å²) in [4.78, 5) is 11.9. The topological polar surface area (TPSA) is 38.3 Å². The molecule has 0 saturated heterocycles. The Morgan fingerprint density at radius 2 is 1.87 bits per heavy atom. The first-order valence-electron chi connectivity index (χ1n) is 5.78. The Balaban J connectivity index is 4.42. The van der Waals surface area contributed by atoms with Crippen LogP contribution in [0, 0.1) is 5.92 Å². The van der Waals surface area contributed by atoms with Gasteiger partial charge in [0.15, 0.2) is 0 Å². The van der Waals surface area contributed by atoms with Gasteiger partial charge in [0.25, 0.3) is 0 Å². The van der Waals surface area contributed by atoms with Crippen LogP contribution in [0.25, 0.3) is 0 Å². The molecule has 0 aromatic heterocycles. The van der Waals surface area contributed by atoms with Gasteiger partial charge in [-0.2, -0.15) is 0 Å². The lowest BCUT2D eigenvalue weighted by atomic mass is 9.99. The second-order valence-electron chi connectivity index (χ2n) is 4.95. The van der Waals surface area contributed by atoms with Crippen LogP contribution < -0.4 is 5.32 Å². The molecule has 0 amide bonds. The molecule has 2 atom stereocenters. The van der Waals surface area contributed by atoms with Crippen LogP contribution in [0.5, 0.6) is 0 Å². The van der Waals surface area contributed by atoms with Crippen LogP contribution in [0.4, 0.5) is 0 Å². The lowest BCUT2D eigenvalue weighted by molar-refractivity contribution is -0.158. The zero-order valence-corrected chi connectivity index (χ0v) is 10.9. The van der Waals surface area contributed by atoms with Crippen molar-refractivity contribution in [2.45, 2.75) is 59.6 Å². The Morgan fingerprint density at radius 1 is 1.33 bits per heavy atom. The van der Waals surface area contributed by atoms with E-state index < -0.39 is 5.60 Å². The number of carbonyl (C=O) groups excluding carboxylic acids is 1. The molecule has 0 saturated carbocycles. The summed E-state index contributed by atoms with van der Waals surface area (Å²) in [5, 5.41) is 3.18. The molecule has 0 fully saturated rings. The third-order valence-corrected chi connectivity index (χ3v) is 2.30. The Kier molecular flexibility index (Phi) is 5.88. The normalized spacial score (nSPS) is 15.9. The number of rotatable bonds is 5. The van der Waals surface area contributed by atoms with Gasteiger partial charge in [-0.15, -0.1) is 0 Å². The van der Waals surface area contributed by atoms with Gasteiger partial charge in [0.05, 0.1) is 0 Å². The second-order valence-corrected chi connectivity index (χ2v) is 4.95. The second kappa shape index (κ2) is 6.11. The number of hydrogen-bond acceptors (Lipinski definition) is 3. The van der Waals surface area contributed by atoms with E-state index in [4.69, 9.17) is 4.74 Å². The number of ether oxygens (including phenoxy) is 1. The summed E-state index contributed by atoms with van der Waals surface area (Å²) < 4.78 is 5.37. The van der Waals surface area contributed by atoms with E-state index in [2.05, 4.69) is 19.2 Å². The quantitative estimate of drug-likeness (QED) is 0.715. The van der Waals surface area contributed by atoms with Crippen molar-refractivity contribution in [1.29, 1.82) is 0 Å². The van der Waals surface area contributed by atoms with E-state index in [1.54, 1.807) is 0 Å². The minimum absolute atomic E-state index is 0.140. The van der Waals surface area contributed by atoms with Crippen molar-refractivity contribution in [2.75, 3.05) is 6.54 Å². The highest BCUT2D eigenvalue weighted by atomic mass is 16.6. The average Bonchev–Trinajstić information content (AvgIpc) is 2.10. The molecule has 0 heterocycles. The standard InChI is InChI=1S/C12H25NO2/c1-7-9(3)10(13-8-2)11(14)15-12(4,5)6/h9-10,13H,7-8H2,1-6H3. The van der Waals surface area contributed by atoms with Crippen LogP contribution in [-0.2, 0) is 9.53 Å². The summed E-state index contributed by atoms with van der Waals surface area (Å²) in [5.41, 5.74) is -0.405. The average molecular weight is 215 g/mol. The van der Waals surface area contributed by atoms with Crippen molar-refractivity contribution in [3.63, 3.8) is 0 Å². The summed E-state index contributed by atoms with van der Waals surface area (Å²) in [6.07, 6.45) is 0.969. The van der Waals surface area contributed by atoms with E-state index in [1.165, 1.54) is 0 Å². The molecular weight excluding hydrogens is 190 g/mol. The van der Waals surface area contributed by atoms with Crippen molar-refractivity contribution in [2.24, 2.45) is 5.92 Å². The minimum atomic E-state index is -0.405. The van der Waals surface area contributed by atoms with Gasteiger partial charge in [-0.25, -0.2) is 0 Å². The summed E-state index contributed by atoms with van der Waals surface area (Å²) in [6.45, 7) is 12.6. The molecule has 0 spiro atoms. The SMILES string of the molecule is CCNC(C(=O)OC(C)(C)C)C(C)CC. The molecule has 0 aromatic carbocycles. The molecule has 1 N–H and O–H groups in total. The van der Waals surface area contributed by atoms with E-state index in [9.17, 15) is 4.79 Å². The van der Waals surface area contributed by atoms with E-state index in [0.717, 1.165) is 13.0 Å².